The Morgan fingerprint density at radius 2 is 2.07 bits per heavy atom. The topological polar surface area (TPSA) is 37.0 Å². The van der Waals surface area contributed by atoms with Crippen molar-refractivity contribution in [3.8, 4) is 0 Å². The number of hydrogen-bond acceptors (Lipinski definition) is 3. The molecule has 3 heterocycles. The maximum Gasteiger partial charge on any atom is 0.145 e. The van der Waals surface area contributed by atoms with Crippen LogP contribution >= 0.6 is 23.2 Å². The maximum atomic E-state index is 15.0. The average Bonchev–Trinajstić information content (AvgIpc) is 3.12. The van der Waals surface area contributed by atoms with Gasteiger partial charge in [-0.25, -0.2) is 9.37 Å². The Bertz CT molecular complexity index is 880. The largest absolute Gasteiger partial charge is 0.384 e. The van der Waals surface area contributed by atoms with Gasteiger partial charge in [-0.15, -0.1) is 0 Å². The highest BCUT2D eigenvalue weighted by Gasteiger charge is 2.56. The Morgan fingerprint density at radius 1 is 1.30 bits per heavy atom. The fraction of sp³-hybridized carbons (Fsp3) is 0.476. The third-order valence-corrected chi connectivity index (χ3v) is 6.43. The quantitative estimate of drug-likeness (QED) is 0.655. The third-order valence-electron chi connectivity index (χ3n) is 5.93. The summed E-state index contributed by atoms with van der Waals surface area (Å²) in [6, 6.07) is 7.34. The van der Waals surface area contributed by atoms with E-state index < -0.39 is 0 Å². The van der Waals surface area contributed by atoms with Crippen LogP contribution in [0.1, 0.15) is 44.2 Å². The van der Waals surface area contributed by atoms with E-state index in [0.29, 0.717) is 23.8 Å². The fourth-order valence-electron chi connectivity index (χ4n) is 4.82. The normalized spacial score (nSPS) is 27.0. The summed E-state index contributed by atoms with van der Waals surface area (Å²) in [6.07, 6.45) is 2.82. The summed E-state index contributed by atoms with van der Waals surface area (Å²) in [7, 11) is 0. The number of rotatable bonds is 2. The second-order valence-corrected chi connectivity index (χ2v) is 9.66. The lowest BCUT2D eigenvalue weighted by atomic mass is 9.64. The first-order valence-electron chi connectivity index (χ1n) is 9.29. The van der Waals surface area contributed by atoms with Crippen LogP contribution in [0.25, 0.3) is 0 Å². The average molecular weight is 408 g/mol. The molecule has 0 amide bonds. The first-order chi connectivity index (χ1) is 12.7. The summed E-state index contributed by atoms with van der Waals surface area (Å²) in [5.41, 5.74) is 2.59. The third kappa shape index (κ3) is 3.12. The molecule has 3 nitrogen and oxygen atoms in total. The van der Waals surface area contributed by atoms with E-state index in [0.717, 1.165) is 17.7 Å². The lowest BCUT2D eigenvalue weighted by molar-refractivity contribution is 0.259. The number of nitrogens with zero attached hydrogens (tertiary/aromatic N) is 1. The molecule has 0 saturated carbocycles. The molecule has 27 heavy (non-hydrogen) atoms. The Balaban J connectivity index is 1.88. The van der Waals surface area contributed by atoms with E-state index in [1.54, 1.807) is 6.07 Å². The summed E-state index contributed by atoms with van der Waals surface area (Å²) >= 11 is 12.2. The molecular formula is C21H24Cl2FN3. The van der Waals surface area contributed by atoms with E-state index in [4.69, 9.17) is 23.2 Å². The standard InChI is InChI=1S/C21H24Cl2FN3/c1-20(2,3)8-17-21(11-27-16-7-18(23)26-10-14(16)21)13(9-25-17)12-5-4-6-15(22)19(12)24/h4-7,10,13,17,25,27H,8-9,11H2,1-3H3. The molecule has 1 aromatic carbocycles. The summed E-state index contributed by atoms with van der Waals surface area (Å²) in [6.45, 7) is 8.12. The molecule has 1 aromatic heterocycles. The molecule has 1 spiro atoms. The van der Waals surface area contributed by atoms with Gasteiger partial charge in [-0.1, -0.05) is 56.1 Å². The van der Waals surface area contributed by atoms with Gasteiger partial charge in [-0.3, -0.25) is 0 Å². The van der Waals surface area contributed by atoms with Gasteiger partial charge in [-0.2, -0.15) is 0 Å². The summed E-state index contributed by atoms with van der Waals surface area (Å²) in [4.78, 5) is 4.35. The van der Waals surface area contributed by atoms with Gasteiger partial charge in [0.15, 0.2) is 0 Å². The lowest BCUT2D eigenvalue weighted by Gasteiger charge is -2.39. The predicted molar refractivity (Wildman–Crippen MR) is 109 cm³/mol. The van der Waals surface area contributed by atoms with Crippen LogP contribution in [-0.2, 0) is 5.41 Å². The van der Waals surface area contributed by atoms with Crippen LogP contribution in [0, 0.1) is 11.2 Å². The van der Waals surface area contributed by atoms with Crippen molar-refractivity contribution in [1.82, 2.24) is 10.3 Å². The number of hydrogen-bond donors (Lipinski definition) is 2. The van der Waals surface area contributed by atoms with Crippen LogP contribution in [0.4, 0.5) is 10.1 Å². The number of aromatic nitrogens is 1. The monoisotopic (exact) mass is 407 g/mol. The van der Waals surface area contributed by atoms with Crippen LogP contribution in [0.2, 0.25) is 10.2 Å². The van der Waals surface area contributed by atoms with Crippen LogP contribution in [0.15, 0.2) is 30.5 Å². The highest BCUT2D eigenvalue weighted by molar-refractivity contribution is 6.30. The molecule has 0 radical (unpaired) electrons. The number of nitrogens with one attached hydrogen (secondary N) is 2. The zero-order chi connectivity index (χ0) is 19.4. The second-order valence-electron chi connectivity index (χ2n) is 8.87. The molecule has 1 saturated heterocycles. The van der Waals surface area contributed by atoms with Crippen LogP contribution in [0.5, 0.6) is 0 Å². The molecule has 2 aliphatic heterocycles. The SMILES string of the molecule is CC(C)(C)CC1NCC(c2cccc(Cl)c2F)C12CNc1cc(Cl)ncc12. The van der Waals surface area contributed by atoms with Crippen molar-refractivity contribution < 1.29 is 4.39 Å². The zero-order valence-corrected chi connectivity index (χ0v) is 17.3. The van der Waals surface area contributed by atoms with E-state index in [9.17, 15) is 4.39 Å². The van der Waals surface area contributed by atoms with Crippen LogP contribution in [0.3, 0.4) is 0 Å². The zero-order valence-electron chi connectivity index (χ0n) is 15.7. The first kappa shape index (κ1) is 19.0. The Hall–Kier alpha value is -1.36. The molecule has 4 rings (SSSR count). The van der Waals surface area contributed by atoms with Crippen molar-refractivity contribution in [3.05, 3.63) is 57.6 Å². The summed E-state index contributed by atoms with van der Waals surface area (Å²) in [5, 5.41) is 7.82. The Kier molecular flexibility index (Phi) is 4.65. The minimum atomic E-state index is -0.322. The number of fused-ring (bicyclic) bond motifs is 2. The van der Waals surface area contributed by atoms with Crippen molar-refractivity contribution in [2.75, 3.05) is 18.4 Å². The summed E-state index contributed by atoms with van der Waals surface area (Å²) < 4.78 is 15.0. The van der Waals surface area contributed by atoms with Crippen LogP contribution < -0.4 is 10.6 Å². The van der Waals surface area contributed by atoms with Gasteiger partial charge in [-0.05, 0) is 29.5 Å². The molecular weight excluding hydrogens is 384 g/mol. The number of benzene rings is 1. The van der Waals surface area contributed by atoms with Gasteiger partial charge in [0.25, 0.3) is 0 Å². The van der Waals surface area contributed by atoms with Gasteiger partial charge in [0.05, 0.1) is 5.02 Å². The van der Waals surface area contributed by atoms with Crippen molar-refractivity contribution in [1.29, 1.82) is 0 Å². The maximum absolute atomic E-state index is 15.0. The van der Waals surface area contributed by atoms with Crippen molar-refractivity contribution in [2.45, 2.75) is 44.6 Å². The van der Waals surface area contributed by atoms with Crippen LogP contribution in [-0.4, -0.2) is 24.1 Å². The molecule has 3 unspecified atom stereocenters. The van der Waals surface area contributed by atoms with Crippen molar-refractivity contribution in [2.24, 2.45) is 5.41 Å². The van der Waals surface area contributed by atoms with Gasteiger partial charge in [0.2, 0.25) is 0 Å². The van der Waals surface area contributed by atoms with Gasteiger partial charge in [0, 0.05) is 47.9 Å². The van der Waals surface area contributed by atoms with Gasteiger partial charge in [0.1, 0.15) is 11.0 Å². The Morgan fingerprint density at radius 3 is 2.81 bits per heavy atom. The molecule has 2 aliphatic rings. The van der Waals surface area contributed by atoms with E-state index >= 15 is 0 Å². The molecule has 0 aliphatic carbocycles. The number of halogens is 3. The molecule has 144 valence electrons. The smallest absolute Gasteiger partial charge is 0.145 e. The first-order valence-corrected chi connectivity index (χ1v) is 10.1. The van der Waals surface area contributed by atoms with Crippen molar-refractivity contribution >= 4 is 28.9 Å². The van der Waals surface area contributed by atoms with E-state index in [2.05, 4.69) is 36.4 Å². The van der Waals surface area contributed by atoms with E-state index in [1.165, 1.54) is 0 Å². The van der Waals surface area contributed by atoms with E-state index in [1.807, 2.05) is 24.4 Å². The highest BCUT2D eigenvalue weighted by Crippen LogP contribution is 2.54. The minimum absolute atomic E-state index is 0.0414. The Labute approximate surface area is 169 Å². The van der Waals surface area contributed by atoms with E-state index in [-0.39, 0.29) is 33.6 Å². The molecule has 2 aromatic rings. The predicted octanol–water partition coefficient (Wildman–Crippen LogP) is 5.38. The number of anilines is 1. The molecule has 1 fully saturated rings. The lowest BCUT2D eigenvalue weighted by Crippen LogP contribution is -2.46. The fourth-order valence-corrected chi connectivity index (χ4v) is 5.16. The highest BCUT2D eigenvalue weighted by atomic mass is 35.5. The van der Waals surface area contributed by atoms with Gasteiger partial charge >= 0.3 is 0 Å². The molecule has 3 atom stereocenters. The molecule has 6 heteroatoms. The second kappa shape index (κ2) is 6.61. The molecule has 2 N–H and O–H groups in total. The molecule has 0 bridgehead atoms. The van der Waals surface area contributed by atoms with Crippen molar-refractivity contribution in [3.63, 3.8) is 0 Å². The van der Waals surface area contributed by atoms with Gasteiger partial charge < -0.3 is 10.6 Å². The summed E-state index contributed by atoms with van der Waals surface area (Å²) in [5.74, 6) is -0.364. The minimum Gasteiger partial charge on any atom is -0.384 e. The number of pyridine rings is 1.